The molecule has 2 aromatic carbocycles. The number of rotatable bonds is 7. The third-order valence-electron chi connectivity index (χ3n) is 5.64. The lowest BCUT2D eigenvalue weighted by Gasteiger charge is -2.31. The smallest absolute Gasteiger partial charge is 0.338 e. The molecule has 1 saturated heterocycles. The molecule has 3 aromatic rings. The number of piperazine rings is 1. The van der Waals surface area contributed by atoms with Crippen molar-refractivity contribution in [2.24, 2.45) is 0 Å². The molecule has 1 aliphatic heterocycles. The predicted molar refractivity (Wildman–Crippen MR) is 118 cm³/mol. The van der Waals surface area contributed by atoms with Gasteiger partial charge in [-0.05, 0) is 37.3 Å². The topological polar surface area (TPSA) is 129 Å². The van der Waals surface area contributed by atoms with Gasteiger partial charge in [0.25, 0.3) is 5.69 Å². The third-order valence-corrected chi connectivity index (χ3v) is 7.56. The largest absolute Gasteiger partial charge is 0.462 e. The highest BCUT2D eigenvalue weighted by Crippen LogP contribution is 2.20. The Morgan fingerprint density at radius 1 is 1.18 bits per heavy atom. The maximum Gasteiger partial charge on any atom is 0.338 e. The van der Waals surface area contributed by atoms with Crippen molar-refractivity contribution in [3.63, 3.8) is 0 Å². The zero-order valence-corrected chi connectivity index (χ0v) is 18.8. The van der Waals surface area contributed by atoms with Gasteiger partial charge in [-0.15, -0.1) is 0 Å². The summed E-state index contributed by atoms with van der Waals surface area (Å²) in [4.78, 5) is 23.6. The van der Waals surface area contributed by atoms with Gasteiger partial charge < -0.3 is 9.64 Å². The van der Waals surface area contributed by atoms with E-state index in [0.717, 1.165) is 10.4 Å². The number of carbonyl (C=O) groups excluding carboxylic acids is 1. The molecular weight excluding hydrogens is 450 g/mol. The maximum atomic E-state index is 13.0. The number of hydrogen-bond donors (Lipinski definition) is 1. The molecule has 4 rings (SSSR count). The van der Waals surface area contributed by atoms with Crippen LogP contribution in [0.1, 0.15) is 17.3 Å². The highest BCUT2D eigenvalue weighted by Gasteiger charge is 2.31. The Morgan fingerprint density at radius 3 is 2.52 bits per heavy atom. The monoisotopic (exact) mass is 474 g/mol. The number of fused-ring (bicyclic) bond motifs is 1. The lowest BCUT2D eigenvalue weighted by molar-refractivity contribution is -0.926. The fourth-order valence-corrected chi connectivity index (χ4v) is 5.29. The van der Waals surface area contributed by atoms with Crippen molar-refractivity contribution >= 4 is 32.6 Å². The van der Waals surface area contributed by atoms with Crippen molar-refractivity contribution in [3.8, 4) is 0 Å². The molecular formula is C21H24N5O6S+. The number of nitrogens with one attached hydrogen (secondary N) is 1. The van der Waals surface area contributed by atoms with E-state index in [0.29, 0.717) is 43.8 Å². The van der Waals surface area contributed by atoms with E-state index in [2.05, 4.69) is 5.10 Å². The minimum absolute atomic E-state index is 0.0171. The first-order valence-corrected chi connectivity index (χ1v) is 11.9. The molecule has 1 N–H and O–H groups in total. The average Bonchev–Trinajstić information content (AvgIpc) is 3.21. The van der Waals surface area contributed by atoms with E-state index in [4.69, 9.17) is 4.74 Å². The Kier molecular flexibility index (Phi) is 6.40. The van der Waals surface area contributed by atoms with Crippen molar-refractivity contribution in [3.05, 3.63) is 64.3 Å². The van der Waals surface area contributed by atoms with Gasteiger partial charge in [-0.25, -0.2) is 17.9 Å². The lowest BCUT2D eigenvalue weighted by Crippen LogP contribution is -3.14. The number of esters is 1. The van der Waals surface area contributed by atoms with E-state index in [9.17, 15) is 23.3 Å². The lowest BCUT2D eigenvalue weighted by atomic mass is 10.2. The van der Waals surface area contributed by atoms with Crippen LogP contribution >= 0.6 is 0 Å². The van der Waals surface area contributed by atoms with Crippen molar-refractivity contribution < 1.29 is 27.8 Å². The summed E-state index contributed by atoms with van der Waals surface area (Å²) in [6.07, 6.45) is 1.60. The van der Waals surface area contributed by atoms with Gasteiger partial charge in [0.15, 0.2) is 6.67 Å². The van der Waals surface area contributed by atoms with E-state index in [1.165, 1.54) is 40.7 Å². The van der Waals surface area contributed by atoms with E-state index in [1.807, 2.05) is 0 Å². The van der Waals surface area contributed by atoms with Gasteiger partial charge in [0.05, 0.1) is 59.9 Å². The van der Waals surface area contributed by atoms with Crippen molar-refractivity contribution in [1.82, 2.24) is 14.1 Å². The van der Waals surface area contributed by atoms with Crippen LogP contribution in [-0.2, 0) is 21.4 Å². The molecule has 0 aliphatic carbocycles. The van der Waals surface area contributed by atoms with Crippen LogP contribution in [0, 0.1) is 10.1 Å². The summed E-state index contributed by atoms with van der Waals surface area (Å²) in [7, 11) is -3.67. The number of aromatic nitrogens is 2. The van der Waals surface area contributed by atoms with Gasteiger partial charge in [-0.3, -0.25) is 10.1 Å². The van der Waals surface area contributed by atoms with Gasteiger partial charge in [0.1, 0.15) is 0 Å². The van der Waals surface area contributed by atoms with Crippen LogP contribution in [0.3, 0.4) is 0 Å². The van der Waals surface area contributed by atoms with Gasteiger partial charge >= 0.3 is 5.97 Å². The van der Waals surface area contributed by atoms with E-state index in [1.54, 1.807) is 23.9 Å². The number of benzene rings is 2. The van der Waals surface area contributed by atoms with Crippen LogP contribution in [0.5, 0.6) is 0 Å². The summed E-state index contributed by atoms with van der Waals surface area (Å²) in [5.41, 5.74) is 1.12. The number of ether oxygens (including phenoxy) is 1. The molecule has 0 spiro atoms. The summed E-state index contributed by atoms with van der Waals surface area (Å²) in [6.45, 7) is 4.37. The fraction of sp³-hybridized carbons (Fsp3) is 0.333. The summed E-state index contributed by atoms with van der Waals surface area (Å²) in [6, 6.07) is 10.4. The van der Waals surface area contributed by atoms with Crippen LogP contribution in [-0.4, -0.2) is 66.2 Å². The van der Waals surface area contributed by atoms with Crippen LogP contribution < -0.4 is 4.90 Å². The summed E-state index contributed by atoms with van der Waals surface area (Å²) < 4.78 is 34.2. The molecule has 0 amide bonds. The van der Waals surface area contributed by atoms with Crippen LogP contribution in [0.25, 0.3) is 10.9 Å². The Labute approximate surface area is 190 Å². The summed E-state index contributed by atoms with van der Waals surface area (Å²) >= 11 is 0. The highest BCUT2D eigenvalue weighted by atomic mass is 32.2. The first-order chi connectivity index (χ1) is 15.8. The number of nitro benzene ring substituents is 1. The number of nitrogens with zero attached hydrogens (tertiary/aromatic N) is 4. The van der Waals surface area contributed by atoms with Crippen LogP contribution in [0.2, 0.25) is 0 Å². The second-order valence-corrected chi connectivity index (χ2v) is 9.64. The number of quaternary nitrogens is 1. The second-order valence-electron chi connectivity index (χ2n) is 7.70. The molecule has 1 aliphatic rings. The maximum absolute atomic E-state index is 13.0. The fourth-order valence-electron chi connectivity index (χ4n) is 3.85. The van der Waals surface area contributed by atoms with E-state index < -0.39 is 20.9 Å². The Morgan fingerprint density at radius 2 is 1.88 bits per heavy atom. The van der Waals surface area contributed by atoms with E-state index in [-0.39, 0.29) is 17.2 Å². The van der Waals surface area contributed by atoms with Gasteiger partial charge in [-0.1, -0.05) is 0 Å². The zero-order chi connectivity index (χ0) is 23.6. The normalized spacial score (nSPS) is 15.5. The number of non-ortho nitro benzene ring substituents is 1. The Bertz CT molecular complexity index is 1280. The molecule has 12 heteroatoms. The minimum atomic E-state index is -3.67. The molecule has 0 unspecified atom stereocenters. The quantitative estimate of drug-likeness (QED) is 0.303. The van der Waals surface area contributed by atoms with Gasteiger partial charge in [-0.2, -0.15) is 9.40 Å². The average molecular weight is 475 g/mol. The first kappa shape index (κ1) is 22.8. The van der Waals surface area contributed by atoms with Gasteiger partial charge in [0.2, 0.25) is 10.0 Å². The second kappa shape index (κ2) is 9.25. The minimum Gasteiger partial charge on any atom is -0.462 e. The molecule has 1 fully saturated rings. The van der Waals surface area contributed by atoms with Crippen molar-refractivity contribution in [2.75, 3.05) is 32.8 Å². The SMILES string of the molecule is CCOC(=O)c1ccc(S(=O)(=O)N2CC[NH+](Cn3ncc4cc([N+](=O)[O-])ccc43)CC2)cc1. The number of sulfonamides is 1. The number of hydrogen-bond acceptors (Lipinski definition) is 7. The Balaban J connectivity index is 1.40. The van der Waals surface area contributed by atoms with E-state index >= 15 is 0 Å². The van der Waals surface area contributed by atoms with Gasteiger partial charge in [0, 0.05) is 17.5 Å². The highest BCUT2D eigenvalue weighted by molar-refractivity contribution is 7.89. The summed E-state index contributed by atoms with van der Waals surface area (Å²) in [5, 5.41) is 16.0. The molecule has 0 saturated carbocycles. The molecule has 33 heavy (non-hydrogen) atoms. The molecule has 0 bridgehead atoms. The molecule has 2 heterocycles. The van der Waals surface area contributed by atoms with Crippen molar-refractivity contribution in [1.29, 1.82) is 0 Å². The summed E-state index contributed by atoms with van der Waals surface area (Å²) in [5.74, 6) is -0.487. The third kappa shape index (κ3) is 4.72. The number of nitro groups is 1. The molecule has 174 valence electrons. The molecule has 0 radical (unpaired) electrons. The van der Waals surface area contributed by atoms with Crippen molar-refractivity contribution in [2.45, 2.75) is 18.5 Å². The van der Waals surface area contributed by atoms with Crippen LogP contribution in [0.15, 0.2) is 53.6 Å². The Hall–Kier alpha value is -3.35. The molecule has 1 aromatic heterocycles. The number of carbonyl (C=O) groups is 1. The molecule has 0 atom stereocenters. The first-order valence-electron chi connectivity index (χ1n) is 10.5. The predicted octanol–water partition coefficient (Wildman–Crippen LogP) is 0.668. The standard InChI is InChI=1S/C21H23N5O6S/c1-2-32-21(27)16-3-6-19(7-4-16)33(30,31)24-11-9-23(10-12-24)15-25-20-8-5-18(26(28)29)13-17(20)14-22-25/h3-8,13-14H,2,9-12,15H2,1H3/p+1. The zero-order valence-electron chi connectivity index (χ0n) is 18.0. The van der Waals surface area contributed by atoms with Crippen LogP contribution in [0.4, 0.5) is 5.69 Å². The molecule has 11 nitrogen and oxygen atoms in total.